The lowest BCUT2D eigenvalue weighted by atomic mass is 9.97. The predicted molar refractivity (Wildman–Crippen MR) is 111 cm³/mol. The van der Waals surface area contributed by atoms with Crippen molar-refractivity contribution >= 4 is 35.2 Å². The van der Waals surface area contributed by atoms with Gasteiger partial charge in [0.25, 0.3) is 5.22 Å². The standard InChI is InChI=1S/C20H24ClN3O4S/c1-20(2,3)28-19(26)24-10-8-14(9-11-24)17-22-23-18(27-17)29-12-16(25)13-4-6-15(21)7-5-13/h4-7,14H,8-12H2,1-3H3. The number of ether oxygens (including phenoxy) is 1. The van der Waals surface area contributed by atoms with Crippen molar-refractivity contribution in [2.75, 3.05) is 18.8 Å². The molecule has 1 aliphatic heterocycles. The van der Waals surface area contributed by atoms with Gasteiger partial charge in [0, 0.05) is 29.6 Å². The van der Waals surface area contributed by atoms with Gasteiger partial charge in [-0.1, -0.05) is 23.4 Å². The van der Waals surface area contributed by atoms with Crippen molar-refractivity contribution in [3.8, 4) is 0 Å². The molecule has 0 aliphatic carbocycles. The molecule has 9 heteroatoms. The summed E-state index contributed by atoms with van der Waals surface area (Å²) in [7, 11) is 0. The summed E-state index contributed by atoms with van der Waals surface area (Å²) < 4.78 is 11.2. The predicted octanol–water partition coefficient (Wildman–Crippen LogP) is 4.81. The van der Waals surface area contributed by atoms with Gasteiger partial charge in [0.05, 0.1) is 5.75 Å². The van der Waals surface area contributed by atoms with Crippen LogP contribution in [0.1, 0.15) is 55.8 Å². The van der Waals surface area contributed by atoms with Crippen LogP contribution in [0.2, 0.25) is 5.02 Å². The largest absolute Gasteiger partial charge is 0.444 e. The average Bonchev–Trinajstić information content (AvgIpc) is 3.14. The number of likely N-dealkylation sites (tertiary alicyclic amines) is 1. The van der Waals surface area contributed by atoms with Crippen LogP contribution >= 0.6 is 23.4 Å². The molecule has 0 saturated carbocycles. The Kier molecular flexibility index (Phi) is 6.85. The van der Waals surface area contributed by atoms with Crippen LogP contribution in [-0.2, 0) is 4.74 Å². The summed E-state index contributed by atoms with van der Waals surface area (Å²) >= 11 is 7.06. The highest BCUT2D eigenvalue weighted by molar-refractivity contribution is 7.99. The number of halogens is 1. The first-order chi connectivity index (χ1) is 13.7. The van der Waals surface area contributed by atoms with Gasteiger partial charge in [-0.2, -0.15) is 0 Å². The number of ketones is 1. The molecule has 0 bridgehead atoms. The molecule has 1 fully saturated rings. The Morgan fingerprint density at radius 3 is 2.48 bits per heavy atom. The Morgan fingerprint density at radius 1 is 1.21 bits per heavy atom. The van der Waals surface area contributed by atoms with Crippen molar-refractivity contribution < 1.29 is 18.7 Å². The second-order valence-electron chi connectivity index (χ2n) is 7.87. The number of Topliss-reactive ketones (excluding diaryl/α,β-unsaturated/α-hetero) is 1. The van der Waals surface area contributed by atoms with Crippen LogP contribution in [0.25, 0.3) is 0 Å². The lowest BCUT2D eigenvalue weighted by molar-refractivity contribution is 0.0198. The normalized spacial score (nSPS) is 15.4. The first-order valence-corrected chi connectivity index (χ1v) is 10.8. The van der Waals surface area contributed by atoms with E-state index in [1.807, 2.05) is 20.8 Å². The van der Waals surface area contributed by atoms with Crippen molar-refractivity contribution in [2.24, 2.45) is 0 Å². The van der Waals surface area contributed by atoms with E-state index in [1.54, 1.807) is 29.2 Å². The van der Waals surface area contributed by atoms with E-state index in [4.69, 9.17) is 20.8 Å². The van der Waals surface area contributed by atoms with Crippen molar-refractivity contribution in [2.45, 2.75) is 50.4 Å². The number of thioether (sulfide) groups is 1. The van der Waals surface area contributed by atoms with Gasteiger partial charge < -0.3 is 14.1 Å². The molecule has 0 atom stereocenters. The molecule has 0 unspecified atom stereocenters. The molecule has 1 amide bonds. The number of hydrogen-bond acceptors (Lipinski definition) is 7. The minimum Gasteiger partial charge on any atom is -0.444 e. The Morgan fingerprint density at radius 2 is 1.86 bits per heavy atom. The number of carbonyl (C=O) groups is 2. The Bertz CT molecular complexity index is 855. The molecule has 0 N–H and O–H groups in total. The van der Waals surface area contributed by atoms with Gasteiger partial charge in [-0.05, 0) is 57.9 Å². The number of amides is 1. The first kappa shape index (κ1) is 21.6. The SMILES string of the molecule is CC(C)(C)OC(=O)N1CCC(c2nnc(SCC(=O)c3ccc(Cl)cc3)o2)CC1. The molecule has 1 saturated heterocycles. The van der Waals surface area contributed by atoms with Crippen molar-refractivity contribution in [1.82, 2.24) is 15.1 Å². The maximum atomic E-state index is 12.2. The van der Waals surface area contributed by atoms with E-state index in [0.717, 1.165) is 12.8 Å². The quantitative estimate of drug-likeness (QED) is 0.489. The maximum Gasteiger partial charge on any atom is 0.410 e. The summed E-state index contributed by atoms with van der Waals surface area (Å²) in [6, 6.07) is 6.77. The van der Waals surface area contributed by atoms with Gasteiger partial charge in [-0.25, -0.2) is 4.79 Å². The lowest BCUT2D eigenvalue weighted by Gasteiger charge is -2.32. The van der Waals surface area contributed by atoms with Crippen LogP contribution in [0.5, 0.6) is 0 Å². The molecule has 0 radical (unpaired) electrons. The molecule has 156 valence electrons. The zero-order valence-corrected chi connectivity index (χ0v) is 18.3. The lowest BCUT2D eigenvalue weighted by Crippen LogP contribution is -2.41. The molecule has 2 aromatic rings. The summed E-state index contributed by atoms with van der Waals surface area (Å²) in [5.74, 6) is 0.829. The van der Waals surface area contributed by atoms with Gasteiger partial charge in [0.1, 0.15) is 5.60 Å². The van der Waals surface area contributed by atoms with E-state index in [9.17, 15) is 9.59 Å². The van der Waals surface area contributed by atoms with Gasteiger partial charge in [0.15, 0.2) is 5.78 Å². The van der Waals surface area contributed by atoms with Crippen molar-refractivity contribution in [3.05, 3.63) is 40.7 Å². The van der Waals surface area contributed by atoms with Crippen LogP contribution in [0.15, 0.2) is 33.9 Å². The Hall–Kier alpha value is -2.06. The van der Waals surface area contributed by atoms with Crippen LogP contribution in [0, 0.1) is 0 Å². The number of nitrogens with zero attached hydrogens (tertiary/aromatic N) is 3. The molecule has 3 rings (SSSR count). The summed E-state index contributed by atoms with van der Waals surface area (Å²) in [5.41, 5.74) is 0.0897. The number of aromatic nitrogens is 2. The van der Waals surface area contributed by atoms with Crippen LogP contribution in [0.3, 0.4) is 0 Å². The monoisotopic (exact) mass is 437 g/mol. The third kappa shape index (κ3) is 6.21. The third-order valence-corrected chi connectivity index (χ3v) is 5.48. The summed E-state index contributed by atoms with van der Waals surface area (Å²) in [4.78, 5) is 26.1. The highest BCUT2D eigenvalue weighted by Crippen LogP contribution is 2.30. The number of piperidine rings is 1. The molecule has 29 heavy (non-hydrogen) atoms. The van der Waals surface area contributed by atoms with E-state index in [2.05, 4.69) is 10.2 Å². The molecule has 0 spiro atoms. The van der Waals surface area contributed by atoms with E-state index < -0.39 is 5.60 Å². The van der Waals surface area contributed by atoms with E-state index in [0.29, 0.717) is 34.8 Å². The molecular formula is C20H24ClN3O4S. The fraction of sp³-hybridized carbons (Fsp3) is 0.500. The smallest absolute Gasteiger partial charge is 0.410 e. The zero-order chi connectivity index (χ0) is 21.0. The number of rotatable bonds is 5. The molecule has 2 heterocycles. The van der Waals surface area contributed by atoms with Crippen molar-refractivity contribution in [1.29, 1.82) is 0 Å². The van der Waals surface area contributed by atoms with Gasteiger partial charge in [-0.3, -0.25) is 4.79 Å². The van der Waals surface area contributed by atoms with Crippen LogP contribution in [-0.4, -0.2) is 51.4 Å². The second kappa shape index (κ2) is 9.17. The molecule has 1 aromatic carbocycles. The molecular weight excluding hydrogens is 414 g/mol. The highest BCUT2D eigenvalue weighted by Gasteiger charge is 2.30. The fourth-order valence-electron chi connectivity index (χ4n) is 2.93. The van der Waals surface area contributed by atoms with E-state index in [1.165, 1.54) is 11.8 Å². The van der Waals surface area contributed by atoms with Gasteiger partial charge in [0.2, 0.25) is 5.89 Å². The number of hydrogen-bond donors (Lipinski definition) is 0. The second-order valence-corrected chi connectivity index (χ2v) is 9.23. The first-order valence-electron chi connectivity index (χ1n) is 9.44. The number of carbonyl (C=O) groups excluding carboxylic acids is 2. The minimum absolute atomic E-state index is 0.0305. The highest BCUT2D eigenvalue weighted by atomic mass is 35.5. The maximum absolute atomic E-state index is 12.2. The fourth-order valence-corrected chi connectivity index (χ4v) is 3.72. The molecule has 1 aliphatic rings. The summed E-state index contributed by atoms with van der Waals surface area (Å²) in [5, 5.41) is 9.14. The Balaban J connectivity index is 1.48. The Labute approximate surface area is 179 Å². The zero-order valence-electron chi connectivity index (χ0n) is 16.7. The van der Waals surface area contributed by atoms with Crippen LogP contribution < -0.4 is 0 Å². The minimum atomic E-state index is -0.504. The van der Waals surface area contributed by atoms with E-state index >= 15 is 0 Å². The average molecular weight is 438 g/mol. The molecule has 7 nitrogen and oxygen atoms in total. The van der Waals surface area contributed by atoms with Crippen molar-refractivity contribution in [3.63, 3.8) is 0 Å². The van der Waals surface area contributed by atoms with Gasteiger partial charge >= 0.3 is 6.09 Å². The topological polar surface area (TPSA) is 85.5 Å². The number of benzene rings is 1. The van der Waals surface area contributed by atoms with Gasteiger partial charge in [-0.15, -0.1) is 10.2 Å². The summed E-state index contributed by atoms with van der Waals surface area (Å²) in [6.07, 6.45) is 1.17. The third-order valence-electron chi connectivity index (χ3n) is 4.41. The van der Waals surface area contributed by atoms with E-state index in [-0.39, 0.29) is 23.5 Å². The molecule has 1 aromatic heterocycles. The van der Waals surface area contributed by atoms with Crippen LogP contribution in [0.4, 0.5) is 4.79 Å². The summed E-state index contributed by atoms with van der Waals surface area (Å²) in [6.45, 7) is 6.73.